The summed E-state index contributed by atoms with van der Waals surface area (Å²) in [4.78, 5) is 15.4. The number of carbonyl (C=O) groups excluding carboxylic acids is 1. The lowest BCUT2D eigenvalue weighted by Crippen LogP contribution is -2.39. The summed E-state index contributed by atoms with van der Waals surface area (Å²) in [5.74, 6) is 1.55. The number of benzene rings is 3. The standard InChI is InChI=1S/C32H29Cl2N3OS/c1-19-14-22(18-39-17-21-8-4-3-5-9-21)20(2)23(15-19)29-24(16-35)32(36)37(26-11-7-13-28(38)30(26)29)27-12-6-10-25(33)31(27)34/h3-6,8-10,12,14-15,29H,7,11,13,17-18,36H2,1-2H3. The first kappa shape index (κ1) is 27.4. The number of carbonyl (C=O) groups is 1. The number of ketones is 1. The first-order chi connectivity index (χ1) is 18.8. The van der Waals surface area contributed by atoms with Crippen molar-refractivity contribution in [3.8, 4) is 6.07 Å². The van der Waals surface area contributed by atoms with E-state index in [-0.39, 0.29) is 5.78 Å². The highest BCUT2D eigenvalue weighted by Crippen LogP contribution is 2.49. The molecule has 4 nitrogen and oxygen atoms in total. The fourth-order valence-corrected chi connectivity index (χ4v) is 7.03. The van der Waals surface area contributed by atoms with Crippen LogP contribution >= 0.6 is 35.0 Å². The lowest BCUT2D eigenvalue weighted by Gasteiger charge is -2.40. The van der Waals surface area contributed by atoms with Crippen molar-refractivity contribution >= 4 is 46.4 Å². The van der Waals surface area contributed by atoms with Gasteiger partial charge >= 0.3 is 0 Å². The summed E-state index contributed by atoms with van der Waals surface area (Å²) in [5.41, 5.74) is 14.8. The van der Waals surface area contributed by atoms with Crippen molar-refractivity contribution in [1.29, 1.82) is 5.26 Å². The molecule has 5 rings (SSSR count). The summed E-state index contributed by atoms with van der Waals surface area (Å²) in [6, 6.07) is 22.4. The van der Waals surface area contributed by atoms with Crippen LogP contribution in [0.1, 0.15) is 53.0 Å². The number of rotatable bonds is 6. The molecule has 1 heterocycles. The van der Waals surface area contributed by atoms with Gasteiger partial charge in [0.2, 0.25) is 0 Å². The predicted molar refractivity (Wildman–Crippen MR) is 162 cm³/mol. The highest BCUT2D eigenvalue weighted by molar-refractivity contribution is 7.97. The Morgan fingerprint density at radius 1 is 1.05 bits per heavy atom. The third kappa shape index (κ3) is 5.22. The van der Waals surface area contributed by atoms with Gasteiger partial charge in [0.25, 0.3) is 0 Å². The van der Waals surface area contributed by atoms with Gasteiger partial charge in [0.05, 0.1) is 33.3 Å². The number of aryl methyl sites for hydroxylation is 1. The highest BCUT2D eigenvalue weighted by atomic mass is 35.5. The van der Waals surface area contributed by atoms with Crippen LogP contribution in [0.2, 0.25) is 10.0 Å². The lowest BCUT2D eigenvalue weighted by atomic mass is 9.73. The van der Waals surface area contributed by atoms with E-state index in [1.807, 2.05) is 23.9 Å². The van der Waals surface area contributed by atoms with Gasteiger partial charge in [-0.3, -0.25) is 9.69 Å². The molecule has 0 saturated carbocycles. The Kier molecular flexibility index (Phi) is 8.09. The molecule has 0 spiro atoms. The highest BCUT2D eigenvalue weighted by Gasteiger charge is 2.41. The summed E-state index contributed by atoms with van der Waals surface area (Å²) in [5, 5.41) is 11.2. The SMILES string of the molecule is Cc1cc(CSCc2ccccc2)c(C)c(C2C(C#N)=C(N)N(c3cccc(Cl)c3Cl)C3=C2C(=O)CCC3)c1. The number of thioether (sulfide) groups is 1. The molecule has 1 aliphatic heterocycles. The molecule has 2 N–H and O–H groups in total. The minimum Gasteiger partial charge on any atom is -0.384 e. The van der Waals surface area contributed by atoms with Crippen LogP contribution in [0.25, 0.3) is 0 Å². The van der Waals surface area contributed by atoms with Crippen molar-refractivity contribution in [2.24, 2.45) is 5.73 Å². The zero-order chi connectivity index (χ0) is 27.7. The zero-order valence-corrected chi connectivity index (χ0v) is 24.3. The van der Waals surface area contributed by atoms with Crippen LogP contribution in [0.3, 0.4) is 0 Å². The second-order valence-corrected chi connectivity index (χ2v) is 11.8. The normalized spacial score (nSPS) is 17.4. The van der Waals surface area contributed by atoms with E-state index in [1.54, 1.807) is 17.0 Å². The van der Waals surface area contributed by atoms with Gasteiger partial charge in [-0.2, -0.15) is 17.0 Å². The number of anilines is 1. The second-order valence-electron chi connectivity index (χ2n) is 10.0. The molecule has 0 saturated heterocycles. The van der Waals surface area contributed by atoms with E-state index in [4.69, 9.17) is 28.9 Å². The molecule has 1 unspecified atom stereocenters. The third-order valence-electron chi connectivity index (χ3n) is 7.47. The monoisotopic (exact) mass is 573 g/mol. The molecule has 0 amide bonds. The first-order valence-corrected chi connectivity index (χ1v) is 14.8. The van der Waals surface area contributed by atoms with Crippen molar-refractivity contribution in [1.82, 2.24) is 0 Å². The smallest absolute Gasteiger partial charge is 0.161 e. The minimum absolute atomic E-state index is 0.0468. The van der Waals surface area contributed by atoms with Gasteiger partial charge in [0.1, 0.15) is 5.82 Å². The van der Waals surface area contributed by atoms with Crippen molar-refractivity contribution in [2.75, 3.05) is 4.90 Å². The molecular formula is C32H29Cl2N3OS. The largest absolute Gasteiger partial charge is 0.384 e. The maximum absolute atomic E-state index is 13.6. The number of nitrogens with zero attached hydrogens (tertiary/aromatic N) is 2. The van der Waals surface area contributed by atoms with E-state index < -0.39 is 5.92 Å². The van der Waals surface area contributed by atoms with E-state index in [9.17, 15) is 10.1 Å². The average molecular weight is 575 g/mol. The Morgan fingerprint density at radius 3 is 2.56 bits per heavy atom. The minimum atomic E-state index is -0.523. The Hall–Kier alpha value is -3.17. The Morgan fingerprint density at radius 2 is 1.82 bits per heavy atom. The van der Waals surface area contributed by atoms with Gasteiger partial charge in [-0.1, -0.05) is 77.3 Å². The molecule has 0 bridgehead atoms. The van der Waals surface area contributed by atoms with Crippen LogP contribution in [0.4, 0.5) is 5.69 Å². The fourth-order valence-electron chi connectivity index (χ4n) is 5.60. The molecule has 39 heavy (non-hydrogen) atoms. The van der Waals surface area contributed by atoms with Crippen LogP contribution < -0.4 is 10.6 Å². The van der Waals surface area contributed by atoms with E-state index in [2.05, 4.69) is 56.3 Å². The van der Waals surface area contributed by atoms with Gasteiger partial charge < -0.3 is 5.73 Å². The first-order valence-electron chi connectivity index (χ1n) is 12.9. The third-order valence-corrected chi connectivity index (χ3v) is 9.33. The number of Topliss-reactive ketones (excluding diaryl/α,β-unsaturated/α-hetero) is 1. The quantitative estimate of drug-likeness (QED) is 0.320. The molecule has 0 fully saturated rings. The van der Waals surface area contributed by atoms with E-state index in [1.165, 1.54) is 11.1 Å². The van der Waals surface area contributed by atoms with Gasteiger partial charge in [-0.25, -0.2) is 0 Å². The maximum atomic E-state index is 13.6. The number of allylic oxidation sites excluding steroid dienone is 3. The zero-order valence-electron chi connectivity index (χ0n) is 21.9. The second kappa shape index (κ2) is 11.5. The Labute approximate surface area is 244 Å². The number of hydrogen-bond donors (Lipinski definition) is 1. The average Bonchev–Trinajstić information content (AvgIpc) is 2.92. The van der Waals surface area contributed by atoms with Crippen LogP contribution in [0.15, 0.2) is 83.3 Å². The van der Waals surface area contributed by atoms with E-state index >= 15 is 0 Å². The summed E-state index contributed by atoms with van der Waals surface area (Å²) in [6.45, 7) is 4.15. The number of nitriles is 1. The summed E-state index contributed by atoms with van der Waals surface area (Å²) in [6.07, 6.45) is 1.81. The van der Waals surface area contributed by atoms with Crippen molar-refractivity contribution < 1.29 is 4.79 Å². The van der Waals surface area contributed by atoms with Gasteiger partial charge in [-0.15, -0.1) is 0 Å². The molecule has 0 radical (unpaired) electrons. The van der Waals surface area contributed by atoms with Gasteiger partial charge in [0, 0.05) is 29.2 Å². The molecule has 3 aromatic rings. The Bertz CT molecular complexity index is 1560. The molecule has 1 atom stereocenters. The van der Waals surface area contributed by atoms with E-state index in [0.29, 0.717) is 52.0 Å². The Balaban J connectivity index is 1.61. The van der Waals surface area contributed by atoms with Crippen molar-refractivity contribution in [3.05, 3.63) is 121 Å². The lowest BCUT2D eigenvalue weighted by molar-refractivity contribution is -0.116. The van der Waals surface area contributed by atoms with Crippen LogP contribution in [0.5, 0.6) is 0 Å². The van der Waals surface area contributed by atoms with Crippen molar-refractivity contribution in [3.63, 3.8) is 0 Å². The molecule has 7 heteroatoms. The molecule has 2 aliphatic rings. The van der Waals surface area contributed by atoms with Crippen LogP contribution in [0, 0.1) is 25.2 Å². The summed E-state index contributed by atoms with van der Waals surface area (Å²) in [7, 11) is 0. The molecule has 1 aliphatic carbocycles. The summed E-state index contributed by atoms with van der Waals surface area (Å²) >= 11 is 14.8. The molecule has 198 valence electrons. The number of hydrogen-bond acceptors (Lipinski definition) is 5. The van der Waals surface area contributed by atoms with Gasteiger partial charge in [0.15, 0.2) is 5.78 Å². The molecule has 3 aromatic carbocycles. The summed E-state index contributed by atoms with van der Waals surface area (Å²) < 4.78 is 0. The number of halogens is 2. The van der Waals surface area contributed by atoms with Gasteiger partial charge in [-0.05, 0) is 61.1 Å². The van der Waals surface area contributed by atoms with Crippen LogP contribution in [-0.2, 0) is 16.3 Å². The molecule has 0 aromatic heterocycles. The van der Waals surface area contributed by atoms with Crippen molar-refractivity contribution in [2.45, 2.75) is 50.5 Å². The predicted octanol–water partition coefficient (Wildman–Crippen LogP) is 8.35. The maximum Gasteiger partial charge on any atom is 0.161 e. The van der Waals surface area contributed by atoms with Crippen LogP contribution in [-0.4, -0.2) is 5.78 Å². The topological polar surface area (TPSA) is 70.1 Å². The molecular weight excluding hydrogens is 545 g/mol. The number of nitrogens with two attached hydrogens (primary N) is 1. The fraction of sp³-hybridized carbons (Fsp3) is 0.250. The van der Waals surface area contributed by atoms with E-state index in [0.717, 1.165) is 33.9 Å².